The van der Waals surface area contributed by atoms with E-state index in [4.69, 9.17) is 9.47 Å². The van der Waals surface area contributed by atoms with E-state index in [1.807, 2.05) is 4.90 Å². The van der Waals surface area contributed by atoms with Gasteiger partial charge >= 0.3 is 0 Å². The molecule has 21 heavy (non-hydrogen) atoms. The third-order valence-electron chi connectivity index (χ3n) is 5.26. The molecule has 1 aliphatic carbocycles. The van der Waals surface area contributed by atoms with Crippen LogP contribution in [0.25, 0.3) is 0 Å². The van der Waals surface area contributed by atoms with Gasteiger partial charge in [0.25, 0.3) is 0 Å². The lowest BCUT2D eigenvalue weighted by molar-refractivity contribution is -0.202. The first-order chi connectivity index (χ1) is 10.2. The Hall–Kier alpha value is -0.610. The van der Waals surface area contributed by atoms with Gasteiger partial charge in [0.05, 0.1) is 19.2 Å². The van der Waals surface area contributed by atoms with Gasteiger partial charge in [0.2, 0.25) is 5.91 Å². The highest BCUT2D eigenvalue weighted by Gasteiger charge is 2.49. The molecule has 0 bridgehead atoms. The van der Waals surface area contributed by atoms with E-state index in [0.717, 1.165) is 51.5 Å². The molecule has 0 aromatic carbocycles. The normalized spacial score (nSPS) is 28.8. The molecule has 2 aliphatic heterocycles. The van der Waals surface area contributed by atoms with Crippen molar-refractivity contribution < 1.29 is 14.3 Å². The Kier molecular flexibility index (Phi) is 4.85. The van der Waals surface area contributed by atoms with E-state index < -0.39 is 0 Å². The molecule has 4 nitrogen and oxygen atoms in total. The lowest BCUT2D eigenvalue weighted by Crippen LogP contribution is -2.67. The minimum absolute atomic E-state index is 0.0952. The summed E-state index contributed by atoms with van der Waals surface area (Å²) in [7, 11) is 0. The van der Waals surface area contributed by atoms with Gasteiger partial charge < -0.3 is 14.4 Å². The number of amides is 1. The Balaban J connectivity index is 1.42. The van der Waals surface area contributed by atoms with Gasteiger partial charge in [-0.25, -0.2) is 0 Å². The molecule has 1 atom stereocenters. The maximum absolute atomic E-state index is 11.9. The van der Waals surface area contributed by atoms with Gasteiger partial charge in [0.1, 0.15) is 5.60 Å². The standard InChI is InChI=1S/C17H29NO3/c1-2-5-16(19)18-12-17(13-18)10-15(8-9-21-17)20-11-14-6-3-4-7-14/h14-15H,2-13H2,1H3/t15-/m1/s1. The van der Waals surface area contributed by atoms with Crippen LogP contribution in [0, 0.1) is 5.92 Å². The van der Waals surface area contributed by atoms with Crippen LogP contribution in [0.1, 0.15) is 58.3 Å². The fraction of sp³-hybridized carbons (Fsp3) is 0.941. The molecule has 0 unspecified atom stereocenters. The van der Waals surface area contributed by atoms with Crippen molar-refractivity contribution in [2.24, 2.45) is 5.92 Å². The van der Waals surface area contributed by atoms with Crippen LogP contribution >= 0.6 is 0 Å². The average Bonchev–Trinajstić information content (AvgIpc) is 2.96. The molecular weight excluding hydrogens is 266 g/mol. The van der Waals surface area contributed by atoms with Crippen molar-refractivity contribution in [3.05, 3.63) is 0 Å². The molecule has 1 saturated carbocycles. The first-order valence-electron chi connectivity index (χ1n) is 8.74. The molecule has 4 heteroatoms. The molecule has 0 radical (unpaired) electrons. The van der Waals surface area contributed by atoms with Crippen LogP contribution in [0.2, 0.25) is 0 Å². The Morgan fingerprint density at radius 2 is 2.05 bits per heavy atom. The Morgan fingerprint density at radius 3 is 2.76 bits per heavy atom. The highest BCUT2D eigenvalue weighted by molar-refractivity contribution is 5.77. The van der Waals surface area contributed by atoms with Gasteiger partial charge in [-0.15, -0.1) is 0 Å². The van der Waals surface area contributed by atoms with E-state index >= 15 is 0 Å². The molecule has 3 fully saturated rings. The molecule has 1 spiro atoms. The molecular formula is C17H29NO3. The number of carbonyl (C=O) groups excluding carboxylic acids is 1. The van der Waals surface area contributed by atoms with Crippen LogP contribution in [-0.2, 0) is 14.3 Å². The highest BCUT2D eigenvalue weighted by atomic mass is 16.5. The summed E-state index contributed by atoms with van der Waals surface area (Å²) < 4.78 is 12.1. The summed E-state index contributed by atoms with van der Waals surface area (Å²) >= 11 is 0. The molecule has 2 saturated heterocycles. The third kappa shape index (κ3) is 3.59. The molecule has 2 heterocycles. The zero-order chi connectivity index (χ0) is 14.7. The number of rotatable bonds is 5. The topological polar surface area (TPSA) is 38.8 Å². The number of ether oxygens (including phenoxy) is 2. The summed E-state index contributed by atoms with van der Waals surface area (Å²) in [5, 5.41) is 0. The fourth-order valence-corrected chi connectivity index (χ4v) is 3.99. The summed E-state index contributed by atoms with van der Waals surface area (Å²) in [6, 6.07) is 0. The quantitative estimate of drug-likeness (QED) is 0.783. The van der Waals surface area contributed by atoms with Crippen LogP contribution in [0.5, 0.6) is 0 Å². The zero-order valence-electron chi connectivity index (χ0n) is 13.3. The second kappa shape index (κ2) is 6.66. The van der Waals surface area contributed by atoms with Crippen LogP contribution in [0.3, 0.4) is 0 Å². The van der Waals surface area contributed by atoms with E-state index in [0.29, 0.717) is 12.5 Å². The van der Waals surface area contributed by atoms with Crippen molar-refractivity contribution in [2.75, 3.05) is 26.3 Å². The largest absolute Gasteiger partial charge is 0.378 e. The molecule has 1 amide bonds. The lowest BCUT2D eigenvalue weighted by atomic mass is 9.84. The predicted molar refractivity (Wildman–Crippen MR) is 81.1 cm³/mol. The lowest BCUT2D eigenvalue weighted by Gasteiger charge is -2.53. The minimum Gasteiger partial charge on any atom is -0.378 e. The molecule has 0 aromatic heterocycles. The maximum Gasteiger partial charge on any atom is 0.222 e. The minimum atomic E-state index is -0.0952. The Bertz CT molecular complexity index is 359. The Morgan fingerprint density at radius 1 is 1.29 bits per heavy atom. The summed E-state index contributed by atoms with van der Waals surface area (Å²) in [5.41, 5.74) is -0.0952. The molecule has 0 N–H and O–H groups in total. The van der Waals surface area contributed by atoms with Crippen molar-refractivity contribution in [3.8, 4) is 0 Å². The third-order valence-corrected chi connectivity index (χ3v) is 5.26. The number of nitrogens with zero attached hydrogens (tertiary/aromatic N) is 1. The van der Waals surface area contributed by atoms with Crippen molar-refractivity contribution in [3.63, 3.8) is 0 Å². The zero-order valence-corrected chi connectivity index (χ0v) is 13.3. The van der Waals surface area contributed by atoms with Crippen LogP contribution in [0.4, 0.5) is 0 Å². The highest BCUT2D eigenvalue weighted by Crippen LogP contribution is 2.36. The van der Waals surface area contributed by atoms with Crippen molar-refractivity contribution in [1.82, 2.24) is 4.90 Å². The van der Waals surface area contributed by atoms with Crippen molar-refractivity contribution in [2.45, 2.75) is 70.0 Å². The van der Waals surface area contributed by atoms with Gasteiger partial charge in [-0.1, -0.05) is 19.8 Å². The number of hydrogen-bond donors (Lipinski definition) is 0. The molecule has 0 aromatic rings. The SMILES string of the molecule is CCCC(=O)N1CC2(C[C@H](OCC3CCCC3)CCO2)C1. The van der Waals surface area contributed by atoms with E-state index in [-0.39, 0.29) is 11.5 Å². The van der Waals surface area contributed by atoms with E-state index in [1.165, 1.54) is 25.7 Å². The van der Waals surface area contributed by atoms with Crippen molar-refractivity contribution in [1.29, 1.82) is 0 Å². The fourth-order valence-electron chi connectivity index (χ4n) is 3.99. The number of hydrogen-bond acceptors (Lipinski definition) is 3. The molecule has 120 valence electrons. The van der Waals surface area contributed by atoms with Crippen molar-refractivity contribution >= 4 is 5.91 Å². The average molecular weight is 295 g/mol. The van der Waals surface area contributed by atoms with Gasteiger partial charge in [-0.3, -0.25) is 4.79 Å². The van der Waals surface area contributed by atoms with Crippen LogP contribution < -0.4 is 0 Å². The summed E-state index contributed by atoms with van der Waals surface area (Å²) in [5.74, 6) is 1.06. The first-order valence-corrected chi connectivity index (χ1v) is 8.74. The maximum atomic E-state index is 11.9. The second-order valence-electron chi connectivity index (χ2n) is 7.13. The van der Waals surface area contributed by atoms with Gasteiger partial charge in [-0.05, 0) is 31.6 Å². The van der Waals surface area contributed by atoms with Gasteiger partial charge in [0.15, 0.2) is 0 Å². The Labute approximate surface area is 128 Å². The molecule has 3 aliphatic rings. The van der Waals surface area contributed by atoms with Crippen LogP contribution in [0.15, 0.2) is 0 Å². The van der Waals surface area contributed by atoms with Crippen LogP contribution in [-0.4, -0.2) is 48.8 Å². The van der Waals surface area contributed by atoms with E-state index in [9.17, 15) is 4.79 Å². The summed E-state index contributed by atoms with van der Waals surface area (Å²) in [6.45, 7) is 5.31. The number of likely N-dealkylation sites (tertiary alicyclic amines) is 1. The van der Waals surface area contributed by atoms with E-state index in [1.54, 1.807) is 0 Å². The second-order valence-corrected chi connectivity index (χ2v) is 7.13. The monoisotopic (exact) mass is 295 g/mol. The van der Waals surface area contributed by atoms with Gasteiger partial charge in [0, 0.05) is 26.1 Å². The van der Waals surface area contributed by atoms with Gasteiger partial charge in [-0.2, -0.15) is 0 Å². The summed E-state index contributed by atoms with van der Waals surface area (Å²) in [6.07, 6.45) is 9.34. The molecule has 3 rings (SSSR count). The smallest absolute Gasteiger partial charge is 0.222 e. The first kappa shape index (κ1) is 15.3. The number of carbonyl (C=O) groups is 1. The van der Waals surface area contributed by atoms with E-state index in [2.05, 4.69) is 6.92 Å². The predicted octanol–water partition coefficient (Wildman–Crippen LogP) is 2.75. The summed E-state index contributed by atoms with van der Waals surface area (Å²) in [4.78, 5) is 13.8.